The smallest absolute Gasteiger partial charge is 0.462 e. The normalized spacial score (nSPS) is 14.2. The van der Waals surface area contributed by atoms with Crippen LogP contribution in [0.4, 0.5) is 0 Å². The molecule has 3 unspecified atom stereocenters. The first-order chi connectivity index (χ1) is 50.3. The minimum atomic E-state index is -4.96. The van der Waals surface area contributed by atoms with Crippen LogP contribution in [0.1, 0.15) is 447 Å². The fourth-order valence-corrected chi connectivity index (χ4v) is 14.7. The molecule has 0 aliphatic heterocycles. The third kappa shape index (κ3) is 76.8. The second kappa shape index (κ2) is 75.1. The van der Waals surface area contributed by atoms with Crippen molar-refractivity contribution in [2.45, 2.75) is 465 Å². The van der Waals surface area contributed by atoms with Gasteiger partial charge in [0.05, 0.1) is 26.4 Å². The second-order valence-corrected chi connectivity index (χ2v) is 34.7. The maximum absolute atomic E-state index is 13.1. The summed E-state index contributed by atoms with van der Waals surface area (Å²) in [6.45, 7) is 12.1. The molecule has 0 aliphatic rings. The van der Waals surface area contributed by atoms with Gasteiger partial charge in [-0.15, -0.1) is 0 Å². The van der Waals surface area contributed by atoms with E-state index in [4.69, 9.17) is 37.0 Å². The first kappa shape index (κ1) is 102. The molecule has 0 spiro atoms. The number of aliphatic hydroxyl groups is 1. The van der Waals surface area contributed by atoms with Crippen LogP contribution in [0.5, 0.6) is 0 Å². The zero-order valence-corrected chi connectivity index (χ0v) is 70.3. The van der Waals surface area contributed by atoms with Crippen LogP contribution in [0.25, 0.3) is 0 Å². The SMILES string of the molecule is CCCCCCCCCCC(=O)OC[C@H](COP(=O)(O)OC[C@H](O)COP(=O)(O)OC[C@@H](COC(=O)CCCCCCCCCCCCCCCCCCC(C)C)OC(=O)CCCCCCCCCCCCCCCCCCC(C)C)OC(=O)CCCCCCCCCCCCCCCCC(C)CC. The van der Waals surface area contributed by atoms with Gasteiger partial charge in [0.1, 0.15) is 19.3 Å². The Morgan fingerprint density at radius 2 is 0.490 bits per heavy atom. The van der Waals surface area contributed by atoms with Crippen molar-refractivity contribution in [1.29, 1.82) is 0 Å². The van der Waals surface area contributed by atoms with Crippen LogP contribution < -0.4 is 0 Å². The van der Waals surface area contributed by atoms with E-state index in [2.05, 4.69) is 48.5 Å². The molecule has 19 heteroatoms. The van der Waals surface area contributed by atoms with Gasteiger partial charge in [-0.25, -0.2) is 9.13 Å². The average Bonchev–Trinajstić information content (AvgIpc) is 0.921. The summed E-state index contributed by atoms with van der Waals surface area (Å²) in [4.78, 5) is 73.1. The standard InChI is InChI=1S/C85H166O17P2/c1-8-10-11-12-13-45-52-59-66-82(87)95-72-80(101-84(89)69-62-55-48-41-35-29-23-22-26-32-38-44-51-58-65-78(7)9-2)74-99-103(91,92)97-70-79(86)71-98-104(93,94)100-75-81(102-85(90)68-61-54-47-40-34-28-21-17-15-19-25-31-37-43-50-57-64-77(5)6)73-96-83(88)67-60-53-46-39-33-27-20-16-14-18-24-30-36-42-49-56-63-76(3)4/h76-81,86H,8-75H2,1-7H3,(H,91,92)(H,93,94)/t78?,79-,80+,81+/m0/s1. The summed E-state index contributed by atoms with van der Waals surface area (Å²) in [7, 11) is -9.92. The third-order valence-corrected chi connectivity index (χ3v) is 22.1. The summed E-state index contributed by atoms with van der Waals surface area (Å²) in [5.74, 6) is 0.360. The Morgan fingerprint density at radius 3 is 0.731 bits per heavy atom. The predicted octanol–water partition coefficient (Wildman–Crippen LogP) is 25.7. The van der Waals surface area contributed by atoms with Gasteiger partial charge in [-0.2, -0.15) is 0 Å². The fraction of sp³-hybridized carbons (Fsp3) is 0.953. The lowest BCUT2D eigenvalue weighted by molar-refractivity contribution is -0.161. The Balaban J connectivity index is 5.20. The number of hydrogen-bond donors (Lipinski definition) is 3. The number of carbonyl (C=O) groups is 4. The lowest BCUT2D eigenvalue weighted by Gasteiger charge is -2.21. The minimum absolute atomic E-state index is 0.108. The molecule has 0 amide bonds. The van der Waals surface area contributed by atoms with E-state index in [1.54, 1.807) is 0 Å². The molecule has 618 valence electrons. The molecule has 6 atom stereocenters. The monoisotopic (exact) mass is 1520 g/mol. The first-order valence-corrected chi connectivity index (χ1v) is 46.9. The second-order valence-electron chi connectivity index (χ2n) is 31.8. The van der Waals surface area contributed by atoms with Gasteiger partial charge < -0.3 is 33.8 Å². The van der Waals surface area contributed by atoms with Crippen molar-refractivity contribution in [3.63, 3.8) is 0 Å². The number of rotatable bonds is 83. The van der Waals surface area contributed by atoms with Gasteiger partial charge in [0.2, 0.25) is 0 Å². The Morgan fingerprint density at radius 1 is 0.279 bits per heavy atom. The lowest BCUT2D eigenvalue weighted by Crippen LogP contribution is -2.30. The maximum Gasteiger partial charge on any atom is 0.472 e. The zero-order valence-electron chi connectivity index (χ0n) is 68.5. The third-order valence-electron chi connectivity index (χ3n) is 20.2. The van der Waals surface area contributed by atoms with Crippen molar-refractivity contribution in [3.05, 3.63) is 0 Å². The van der Waals surface area contributed by atoms with Gasteiger partial charge in [0.15, 0.2) is 12.2 Å². The quantitative estimate of drug-likeness (QED) is 0.0222. The molecular formula is C85H166O17P2. The van der Waals surface area contributed by atoms with Crippen molar-refractivity contribution in [2.24, 2.45) is 17.8 Å². The number of ether oxygens (including phenoxy) is 4. The highest BCUT2D eigenvalue weighted by Crippen LogP contribution is 2.45. The molecule has 0 rings (SSSR count). The molecule has 0 radical (unpaired) electrons. The lowest BCUT2D eigenvalue weighted by atomic mass is 9.99. The number of aliphatic hydroxyl groups excluding tert-OH is 1. The molecular weight excluding hydrogens is 1350 g/mol. The summed E-state index contributed by atoms with van der Waals surface area (Å²) < 4.78 is 68.8. The molecule has 0 bridgehead atoms. The average molecular weight is 1520 g/mol. The molecule has 0 aliphatic carbocycles. The van der Waals surface area contributed by atoms with E-state index in [1.165, 1.54) is 250 Å². The molecule has 0 aromatic carbocycles. The van der Waals surface area contributed by atoms with Gasteiger partial charge >= 0.3 is 39.5 Å². The summed E-state index contributed by atoms with van der Waals surface area (Å²) >= 11 is 0. The largest absolute Gasteiger partial charge is 0.472 e. The maximum atomic E-state index is 13.1. The number of phosphoric acid groups is 2. The van der Waals surface area contributed by atoms with Gasteiger partial charge in [-0.05, 0) is 43.4 Å². The van der Waals surface area contributed by atoms with Crippen molar-refractivity contribution in [3.8, 4) is 0 Å². The topological polar surface area (TPSA) is 237 Å². The Bertz CT molecular complexity index is 2010. The Hall–Kier alpha value is -1.94. The summed E-state index contributed by atoms with van der Waals surface area (Å²) in [6.07, 6.45) is 65.2. The molecule has 0 heterocycles. The highest BCUT2D eigenvalue weighted by molar-refractivity contribution is 7.47. The van der Waals surface area contributed by atoms with E-state index < -0.39 is 97.5 Å². The highest BCUT2D eigenvalue weighted by atomic mass is 31.2. The van der Waals surface area contributed by atoms with E-state index >= 15 is 0 Å². The van der Waals surface area contributed by atoms with E-state index in [0.717, 1.165) is 114 Å². The van der Waals surface area contributed by atoms with E-state index in [9.17, 15) is 43.2 Å². The minimum Gasteiger partial charge on any atom is -0.462 e. The summed E-state index contributed by atoms with van der Waals surface area (Å²) in [5.41, 5.74) is 0. The van der Waals surface area contributed by atoms with Gasteiger partial charge in [0.25, 0.3) is 0 Å². The zero-order chi connectivity index (χ0) is 76.5. The fourth-order valence-electron chi connectivity index (χ4n) is 13.2. The summed E-state index contributed by atoms with van der Waals surface area (Å²) in [6, 6.07) is 0. The molecule has 3 N–H and O–H groups in total. The molecule has 0 saturated carbocycles. The van der Waals surface area contributed by atoms with Crippen LogP contribution in [-0.2, 0) is 65.4 Å². The van der Waals surface area contributed by atoms with Crippen molar-refractivity contribution < 1.29 is 80.2 Å². The molecule has 17 nitrogen and oxygen atoms in total. The highest BCUT2D eigenvalue weighted by Gasteiger charge is 2.30. The van der Waals surface area contributed by atoms with Crippen LogP contribution >= 0.6 is 15.6 Å². The number of carbonyl (C=O) groups excluding carboxylic acids is 4. The van der Waals surface area contributed by atoms with Crippen molar-refractivity contribution >= 4 is 39.5 Å². The van der Waals surface area contributed by atoms with Crippen LogP contribution in [0, 0.1) is 17.8 Å². The van der Waals surface area contributed by atoms with E-state index in [0.29, 0.717) is 25.7 Å². The molecule has 104 heavy (non-hydrogen) atoms. The first-order valence-electron chi connectivity index (χ1n) is 43.9. The molecule has 0 aromatic rings. The van der Waals surface area contributed by atoms with Crippen LogP contribution in [-0.4, -0.2) is 96.7 Å². The molecule has 0 fully saturated rings. The Labute approximate surface area is 638 Å². The van der Waals surface area contributed by atoms with Crippen molar-refractivity contribution in [1.82, 2.24) is 0 Å². The Kier molecular flexibility index (Phi) is 73.7. The predicted molar refractivity (Wildman–Crippen MR) is 428 cm³/mol. The van der Waals surface area contributed by atoms with Crippen LogP contribution in [0.15, 0.2) is 0 Å². The van der Waals surface area contributed by atoms with Crippen LogP contribution in [0.2, 0.25) is 0 Å². The van der Waals surface area contributed by atoms with E-state index in [1.807, 2.05) is 0 Å². The number of hydrogen-bond acceptors (Lipinski definition) is 15. The van der Waals surface area contributed by atoms with Gasteiger partial charge in [0, 0.05) is 25.7 Å². The molecule has 0 saturated heterocycles. The summed E-state index contributed by atoms with van der Waals surface area (Å²) in [5, 5.41) is 10.7. The van der Waals surface area contributed by atoms with Gasteiger partial charge in [-0.3, -0.25) is 37.3 Å². The van der Waals surface area contributed by atoms with Crippen LogP contribution in [0.3, 0.4) is 0 Å². The number of esters is 4. The van der Waals surface area contributed by atoms with E-state index in [-0.39, 0.29) is 25.7 Å². The number of phosphoric ester groups is 2. The van der Waals surface area contributed by atoms with Gasteiger partial charge in [-0.1, -0.05) is 395 Å². The van der Waals surface area contributed by atoms with Crippen molar-refractivity contribution in [2.75, 3.05) is 39.6 Å². The molecule has 0 aromatic heterocycles. The number of unbranched alkanes of at least 4 members (excludes halogenated alkanes) is 50.